The molecule has 0 bridgehead atoms. The first-order valence-electron chi connectivity index (χ1n) is 11.7. The molecule has 31 heavy (non-hydrogen) atoms. The second-order valence-electron chi connectivity index (χ2n) is 9.09. The SMILES string of the molecule is CCC(CCCC(C)(CCCC(C)(CC)C(=O)OC)C(=O)OCCO)c1ccccc1. The van der Waals surface area contributed by atoms with Gasteiger partial charge in [0.2, 0.25) is 0 Å². The summed E-state index contributed by atoms with van der Waals surface area (Å²) in [6.45, 7) is 7.91. The number of hydrogen-bond donors (Lipinski definition) is 1. The molecule has 5 nitrogen and oxygen atoms in total. The van der Waals surface area contributed by atoms with Crippen molar-refractivity contribution >= 4 is 11.9 Å². The van der Waals surface area contributed by atoms with Crippen molar-refractivity contribution in [1.82, 2.24) is 0 Å². The number of ether oxygens (including phenoxy) is 2. The van der Waals surface area contributed by atoms with Gasteiger partial charge in [-0.15, -0.1) is 0 Å². The smallest absolute Gasteiger partial charge is 0.311 e. The molecular formula is C26H42O5. The maximum Gasteiger partial charge on any atom is 0.311 e. The van der Waals surface area contributed by atoms with Crippen molar-refractivity contribution < 1.29 is 24.2 Å². The lowest BCUT2D eigenvalue weighted by Crippen LogP contribution is -2.33. The Balaban J connectivity index is 2.78. The van der Waals surface area contributed by atoms with Gasteiger partial charge < -0.3 is 14.6 Å². The van der Waals surface area contributed by atoms with Gasteiger partial charge in [0.05, 0.1) is 24.5 Å². The molecule has 0 heterocycles. The van der Waals surface area contributed by atoms with E-state index in [1.165, 1.54) is 12.7 Å². The molecule has 0 amide bonds. The van der Waals surface area contributed by atoms with Crippen molar-refractivity contribution in [2.24, 2.45) is 10.8 Å². The van der Waals surface area contributed by atoms with E-state index in [0.29, 0.717) is 25.2 Å². The van der Waals surface area contributed by atoms with Crippen LogP contribution in [0, 0.1) is 10.8 Å². The molecule has 3 atom stereocenters. The van der Waals surface area contributed by atoms with E-state index in [0.717, 1.165) is 32.1 Å². The van der Waals surface area contributed by atoms with E-state index in [-0.39, 0.29) is 25.2 Å². The van der Waals surface area contributed by atoms with E-state index in [1.54, 1.807) is 0 Å². The number of hydrogen-bond acceptors (Lipinski definition) is 5. The molecule has 3 unspecified atom stereocenters. The molecule has 0 aromatic heterocycles. The van der Waals surface area contributed by atoms with Crippen LogP contribution in [0.1, 0.15) is 90.5 Å². The molecule has 0 radical (unpaired) electrons. The van der Waals surface area contributed by atoms with Gasteiger partial charge in [0, 0.05) is 0 Å². The Kier molecular flexibility index (Phi) is 11.8. The molecule has 1 N–H and O–H groups in total. The summed E-state index contributed by atoms with van der Waals surface area (Å²) in [7, 11) is 1.42. The fourth-order valence-corrected chi connectivity index (χ4v) is 4.25. The molecule has 0 aliphatic rings. The van der Waals surface area contributed by atoms with E-state index >= 15 is 0 Å². The second kappa shape index (κ2) is 13.5. The standard InChI is InChI=1S/C26H42O5/c1-6-21(22-13-9-8-10-14-22)15-11-16-26(4,24(29)31-20-19-27)18-12-17-25(3,7-2)23(28)30-5/h8-10,13-14,21,27H,6-7,11-12,15-20H2,1-5H3. The van der Waals surface area contributed by atoms with Crippen LogP contribution in [0.3, 0.4) is 0 Å². The first kappa shape index (κ1) is 27.2. The van der Waals surface area contributed by atoms with Crippen LogP contribution in [0.25, 0.3) is 0 Å². The number of esters is 2. The summed E-state index contributed by atoms with van der Waals surface area (Å²) in [4.78, 5) is 25.0. The molecule has 1 aromatic rings. The van der Waals surface area contributed by atoms with Crippen molar-refractivity contribution in [1.29, 1.82) is 0 Å². The highest BCUT2D eigenvalue weighted by Crippen LogP contribution is 2.37. The minimum Gasteiger partial charge on any atom is -0.469 e. The van der Waals surface area contributed by atoms with Gasteiger partial charge in [-0.2, -0.15) is 0 Å². The van der Waals surface area contributed by atoms with E-state index in [2.05, 4.69) is 31.2 Å². The average molecular weight is 435 g/mol. The summed E-state index contributed by atoms with van der Waals surface area (Å²) < 4.78 is 10.3. The quantitative estimate of drug-likeness (QED) is 0.361. The molecule has 0 aliphatic carbocycles. The lowest BCUT2D eigenvalue weighted by molar-refractivity contribution is -0.157. The van der Waals surface area contributed by atoms with Gasteiger partial charge in [-0.25, -0.2) is 0 Å². The maximum atomic E-state index is 12.8. The Morgan fingerprint density at radius 1 is 0.968 bits per heavy atom. The van der Waals surface area contributed by atoms with Crippen molar-refractivity contribution in [2.75, 3.05) is 20.3 Å². The van der Waals surface area contributed by atoms with Gasteiger partial charge in [-0.3, -0.25) is 9.59 Å². The number of rotatable bonds is 15. The minimum atomic E-state index is -0.630. The molecule has 5 heteroatoms. The van der Waals surface area contributed by atoms with Crippen molar-refractivity contribution in [3.63, 3.8) is 0 Å². The van der Waals surface area contributed by atoms with Gasteiger partial charge in [-0.05, 0) is 63.9 Å². The van der Waals surface area contributed by atoms with Crippen LogP contribution in [0.5, 0.6) is 0 Å². The fraction of sp³-hybridized carbons (Fsp3) is 0.692. The van der Waals surface area contributed by atoms with Crippen molar-refractivity contribution in [3.8, 4) is 0 Å². The topological polar surface area (TPSA) is 72.8 Å². The number of aliphatic hydroxyl groups excluding tert-OH is 1. The third-order valence-corrected chi connectivity index (χ3v) is 6.78. The van der Waals surface area contributed by atoms with Crippen LogP contribution in [0.15, 0.2) is 30.3 Å². The predicted octanol–water partition coefficient (Wildman–Crippen LogP) is 5.65. The van der Waals surface area contributed by atoms with Crippen LogP contribution < -0.4 is 0 Å². The van der Waals surface area contributed by atoms with Crippen LogP contribution in [-0.2, 0) is 19.1 Å². The fourth-order valence-electron chi connectivity index (χ4n) is 4.25. The summed E-state index contributed by atoms with van der Waals surface area (Å²) in [6.07, 6.45) is 6.46. The lowest BCUT2D eigenvalue weighted by atomic mass is 9.75. The molecule has 0 spiro atoms. The highest BCUT2D eigenvalue weighted by Gasteiger charge is 2.37. The number of carbonyl (C=O) groups is 2. The highest BCUT2D eigenvalue weighted by molar-refractivity contribution is 5.77. The third-order valence-electron chi connectivity index (χ3n) is 6.78. The lowest BCUT2D eigenvalue weighted by Gasteiger charge is -2.30. The minimum absolute atomic E-state index is 0.0187. The molecule has 0 aliphatic heterocycles. The predicted molar refractivity (Wildman–Crippen MR) is 124 cm³/mol. The molecule has 1 aromatic carbocycles. The van der Waals surface area contributed by atoms with Crippen LogP contribution in [0.2, 0.25) is 0 Å². The molecule has 0 saturated heterocycles. The summed E-state index contributed by atoms with van der Waals surface area (Å²) in [5, 5.41) is 9.06. The zero-order valence-electron chi connectivity index (χ0n) is 20.1. The Bertz CT molecular complexity index is 659. The third kappa shape index (κ3) is 8.29. The average Bonchev–Trinajstić information content (AvgIpc) is 2.80. The first-order chi connectivity index (χ1) is 14.8. The normalized spacial score (nSPS) is 16.1. The van der Waals surface area contributed by atoms with E-state index in [9.17, 15) is 9.59 Å². The number of methoxy groups -OCH3 is 1. The molecule has 176 valence electrons. The molecule has 1 rings (SSSR count). The molecular weight excluding hydrogens is 392 g/mol. The molecule has 0 fully saturated rings. The Morgan fingerprint density at radius 3 is 2.13 bits per heavy atom. The first-order valence-corrected chi connectivity index (χ1v) is 11.7. The van der Waals surface area contributed by atoms with Crippen molar-refractivity contribution in [2.45, 2.75) is 85.0 Å². The zero-order chi connectivity index (χ0) is 23.3. The number of carbonyl (C=O) groups excluding carboxylic acids is 2. The van der Waals surface area contributed by atoms with Gasteiger partial charge in [0.1, 0.15) is 6.61 Å². The van der Waals surface area contributed by atoms with Crippen molar-refractivity contribution in [3.05, 3.63) is 35.9 Å². The Labute approximate surface area is 188 Å². The summed E-state index contributed by atoms with van der Waals surface area (Å²) >= 11 is 0. The zero-order valence-corrected chi connectivity index (χ0v) is 20.1. The second-order valence-corrected chi connectivity index (χ2v) is 9.09. The van der Waals surface area contributed by atoms with E-state index in [4.69, 9.17) is 14.6 Å². The van der Waals surface area contributed by atoms with Gasteiger partial charge >= 0.3 is 11.9 Å². The van der Waals surface area contributed by atoms with Gasteiger partial charge in [0.25, 0.3) is 0 Å². The van der Waals surface area contributed by atoms with Crippen LogP contribution >= 0.6 is 0 Å². The van der Waals surface area contributed by atoms with E-state index < -0.39 is 10.8 Å². The largest absolute Gasteiger partial charge is 0.469 e. The monoisotopic (exact) mass is 434 g/mol. The van der Waals surface area contributed by atoms with Crippen LogP contribution in [0.4, 0.5) is 0 Å². The van der Waals surface area contributed by atoms with E-state index in [1.807, 2.05) is 26.8 Å². The molecule has 0 saturated carbocycles. The summed E-state index contributed by atoms with van der Waals surface area (Å²) in [5.74, 6) is 0.0143. The number of aliphatic hydroxyl groups is 1. The Morgan fingerprint density at radius 2 is 1.58 bits per heavy atom. The highest BCUT2D eigenvalue weighted by atomic mass is 16.5. The summed E-state index contributed by atoms with van der Waals surface area (Å²) in [5.41, 5.74) is 0.173. The maximum absolute atomic E-state index is 12.8. The van der Waals surface area contributed by atoms with Gasteiger partial charge in [0.15, 0.2) is 0 Å². The van der Waals surface area contributed by atoms with Crippen LogP contribution in [-0.4, -0.2) is 37.4 Å². The number of benzene rings is 1. The summed E-state index contributed by atoms with van der Waals surface area (Å²) in [6, 6.07) is 10.5. The van der Waals surface area contributed by atoms with Gasteiger partial charge in [-0.1, -0.05) is 57.0 Å². The Hall–Kier alpha value is -1.88.